The number of nitrogens with zero attached hydrogens (tertiary/aromatic N) is 2. The molecule has 0 aromatic carbocycles. The first-order valence-corrected chi connectivity index (χ1v) is 8.65. The highest BCUT2D eigenvalue weighted by atomic mass is 35.5. The zero-order valence-electron chi connectivity index (χ0n) is 12.4. The van der Waals surface area contributed by atoms with Gasteiger partial charge in [-0.25, -0.2) is 8.42 Å². The van der Waals surface area contributed by atoms with Crippen LogP contribution in [0.15, 0.2) is 0 Å². The minimum Gasteiger partial charge on any atom is -0.383 e. The normalized spacial score (nSPS) is 14.3. The van der Waals surface area contributed by atoms with Crippen molar-refractivity contribution in [2.24, 2.45) is 5.92 Å². The van der Waals surface area contributed by atoms with Gasteiger partial charge in [0.1, 0.15) is 0 Å². The second-order valence-corrected chi connectivity index (χ2v) is 7.41. The van der Waals surface area contributed by atoms with Crippen LogP contribution in [0.5, 0.6) is 0 Å². The Bertz CT molecular complexity index is 323. The third kappa shape index (κ3) is 8.81. The summed E-state index contributed by atoms with van der Waals surface area (Å²) < 4.78 is 31.1. The molecule has 0 N–H and O–H groups in total. The van der Waals surface area contributed by atoms with E-state index in [4.69, 9.17) is 16.3 Å². The Hall–Kier alpha value is 0.120. The van der Waals surface area contributed by atoms with Crippen molar-refractivity contribution in [3.8, 4) is 0 Å². The van der Waals surface area contributed by atoms with Gasteiger partial charge in [-0.3, -0.25) is 0 Å². The summed E-state index contributed by atoms with van der Waals surface area (Å²) in [7, 11) is 2.27. The summed E-state index contributed by atoms with van der Waals surface area (Å²) >= 11 is 5.70. The standard InChI is InChI=1S/C12H27ClN2O3S/c1-12(10-13)11-19(16,17)15(8-9-18-4)7-5-6-14(2)3/h12H,5-11H2,1-4H3. The molecule has 0 heterocycles. The quantitative estimate of drug-likeness (QED) is 0.536. The van der Waals surface area contributed by atoms with Crippen molar-refractivity contribution in [1.82, 2.24) is 9.21 Å². The topological polar surface area (TPSA) is 49.9 Å². The molecule has 0 saturated heterocycles. The van der Waals surface area contributed by atoms with Gasteiger partial charge in [0.25, 0.3) is 0 Å². The van der Waals surface area contributed by atoms with Crippen LogP contribution in [-0.4, -0.2) is 76.7 Å². The number of ether oxygens (including phenoxy) is 1. The van der Waals surface area contributed by atoms with Gasteiger partial charge in [-0.15, -0.1) is 11.6 Å². The molecule has 0 aliphatic heterocycles. The van der Waals surface area contributed by atoms with E-state index in [0.29, 0.717) is 25.6 Å². The van der Waals surface area contributed by atoms with Gasteiger partial charge in [-0.2, -0.15) is 4.31 Å². The number of alkyl halides is 1. The van der Waals surface area contributed by atoms with Crippen molar-refractivity contribution < 1.29 is 13.2 Å². The Kier molecular flexibility index (Phi) is 10.00. The molecule has 0 aromatic heterocycles. The van der Waals surface area contributed by atoms with Crippen LogP contribution in [0.4, 0.5) is 0 Å². The molecule has 116 valence electrons. The second kappa shape index (κ2) is 9.94. The Morgan fingerprint density at radius 1 is 1.21 bits per heavy atom. The maximum absolute atomic E-state index is 12.3. The fourth-order valence-corrected chi connectivity index (χ4v) is 3.70. The fraction of sp³-hybridized carbons (Fsp3) is 1.00. The molecule has 0 amide bonds. The summed E-state index contributed by atoms with van der Waals surface area (Å²) in [5.74, 6) is 0.419. The molecule has 1 unspecified atom stereocenters. The average Bonchev–Trinajstić information content (AvgIpc) is 2.32. The molecular weight excluding hydrogens is 288 g/mol. The van der Waals surface area contributed by atoms with E-state index in [9.17, 15) is 8.42 Å². The molecule has 0 radical (unpaired) electrons. The number of hydrogen-bond acceptors (Lipinski definition) is 4. The number of halogens is 1. The third-order valence-electron chi connectivity index (χ3n) is 2.71. The van der Waals surface area contributed by atoms with Crippen molar-refractivity contribution in [3.63, 3.8) is 0 Å². The maximum Gasteiger partial charge on any atom is 0.214 e. The first-order chi connectivity index (χ1) is 8.83. The van der Waals surface area contributed by atoms with E-state index in [1.807, 2.05) is 25.9 Å². The second-order valence-electron chi connectivity index (χ2n) is 5.09. The van der Waals surface area contributed by atoms with Crippen LogP contribution in [0.25, 0.3) is 0 Å². The zero-order chi connectivity index (χ0) is 14.9. The van der Waals surface area contributed by atoms with Crippen LogP contribution in [0, 0.1) is 5.92 Å². The summed E-state index contributed by atoms with van der Waals surface area (Å²) in [6.45, 7) is 4.06. The predicted octanol–water partition coefficient (Wildman–Crippen LogP) is 1.09. The van der Waals surface area contributed by atoms with Crippen molar-refractivity contribution >= 4 is 21.6 Å². The van der Waals surface area contributed by atoms with E-state index in [2.05, 4.69) is 0 Å². The smallest absolute Gasteiger partial charge is 0.214 e. The maximum atomic E-state index is 12.3. The highest BCUT2D eigenvalue weighted by molar-refractivity contribution is 7.89. The van der Waals surface area contributed by atoms with E-state index in [0.717, 1.165) is 13.0 Å². The molecule has 0 aliphatic rings. The molecule has 1 atom stereocenters. The molecule has 19 heavy (non-hydrogen) atoms. The third-order valence-corrected chi connectivity index (χ3v) is 5.38. The Balaban J connectivity index is 4.53. The lowest BCUT2D eigenvalue weighted by atomic mass is 10.3. The van der Waals surface area contributed by atoms with Gasteiger partial charge in [0, 0.05) is 26.1 Å². The zero-order valence-corrected chi connectivity index (χ0v) is 14.0. The molecular formula is C12H27ClN2O3S. The largest absolute Gasteiger partial charge is 0.383 e. The van der Waals surface area contributed by atoms with Crippen molar-refractivity contribution in [2.45, 2.75) is 13.3 Å². The van der Waals surface area contributed by atoms with Crippen LogP contribution >= 0.6 is 11.6 Å². The number of sulfonamides is 1. The Labute approximate surface area is 122 Å². The van der Waals surface area contributed by atoms with Gasteiger partial charge < -0.3 is 9.64 Å². The fourth-order valence-electron chi connectivity index (χ4n) is 1.66. The van der Waals surface area contributed by atoms with Crippen molar-refractivity contribution in [1.29, 1.82) is 0 Å². The summed E-state index contributed by atoms with van der Waals surface area (Å²) in [6.07, 6.45) is 0.811. The van der Waals surface area contributed by atoms with Crippen LogP contribution < -0.4 is 0 Å². The number of rotatable bonds is 11. The molecule has 7 heteroatoms. The molecule has 0 fully saturated rings. The SMILES string of the molecule is COCCN(CCCN(C)C)S(=O)(=O)CC(C)CCl. The minimum atomic E-state index is -3.25. The first-order valence-electron chi connectivity index (χ1n) is 6.51. The van der Waals surface area contributed by atoms with Crippen LogP contribution in [-0.2, 0) is 14.8 Å². The highest BCUT2D eigenvalue weighted by Gasteiger charge is 2.23. The van der Waals surface area contributed by atoms with E-state index in [-0.39, 0.29) is 11.7 Å². The van der Waals surface area contributed by atoms with Gasteiger partial charge in [-0.05, 0) is 33.0 Å². The molecule has 5 nitrogen and oxygen atoms in total. The first kappa shape index (κ1) is 19.1. The highest BCUT2D eigenvalue weighted by Crippen LogP contribution is 2.10. The summed E-state index contributed by atoms with van der Waals surface area (Å²) in [5, 5.41) is 0. The van der Waals surface area contributed by atoms with Crippen LogP contribution in [0.3, 0.4) is 0 Å². The minimum absolute atomic E-state index is 0.0365. The van der Waals surface area contributed by atoms with Gasteiger partial charge in [-0.1, -0.05) is 6.92 Å². The number of hydrogen-bond donors (Lipinski definition) is 0. The molecule has 0 spiro atoms. The van der Waals surface area contributed by atoms with Crippen LogP contribution in [0.1, 0.15) is 13.3 Å². The molecule has 0 rings (SSSR count). The average molecular weight is 315 g/mol. The van der Waals surface area contributed by atoms with Crippen molar-refractivity contribution in [2.75, 3.05) is 59.1 Å². The molecule has 0 saturated carbocycles. The molecule has 0 bridgehead atoms. The van der Waals surface area contributed by atoms with E-state index in [1.165, 1.54) is 4.31 Å². The molecule has 0 aliphatic carbocycles. The Morgan fingerprint density at radius 3 is 2.32 bits per heavy atom. The monoisotopic (exact) mass is 314 g/mol. The van der Waals surface area contributed by atoms with E-state index in [1.54, 1.807) is 7.11 Å². The summed E-state index contributed by atoms with van der Waals surface area (Å²) in [4.78, 5) is 2.04. The van der Waals surface area contributed by atoms with Crippen molar-refractivity contribution in [3.05, 3.63) is 0 Å². The predicted molar refractivity (Wildman–Crippen MR) is 80.3 cm³/mol. The lowest BCUT2D eigenvalue weighted by Crippen LogP contribution is -2.39. The van der Waals surface area contributed by atoms with Gasteiger partial charge >= 0.3 is 0 Å². The Morgan fingerprint density at radius 2 is 1.84 bits per heavy atom. The molecule has 0 aromatic rings. The lowest BCUT2D eigenvalue weighted by molar-refractivity contribution is 0.177. The summed E-state index contributed by atoms with van der Waals surface area (Å²) in [6, 6.07) is 0. The van der Waals surface area contributed by atoms with Gasteiger partial charge in [0.2, 0.25) is 10.0 Å². The van der Waals surface area contributed by atoms with Crippen LogP contribution in [0.2, 0.25) is 0 Å². The summed E-state index contributed by atoms with van der Waals surface area (Å²) in [5.41, 5.74) is 0. The van der Waals surface area contributed by atoms with Gasteiger partial charge in [0.05, 0.1) is 12.4 Å². The number of methoxy groups -OCH3 is 1. The van der Waals surface area contributed by atoms with E-state index < -0.39 is 10.0 Å². The van der Waals surface area contributed by atoms with Gasteiger partial charge in [0.15, 0.2) is 0 Å². The van der Waals surface area contributed by atoms with E-state index >= 15 is 0 Å². The lowest BCUT2D eigenvalue weighted by Gasteiger charge is -2.24.